The van der Waals surface area contributed by atoms with Gasteiger partial charge in [0.15, 0.2) is 0 Å². The van der Waals surface area contributed by atoms with E-state index >= 15 is 0 Å². The molecule has 92 valence electrons. The van der Waals surface area contributed by atoms with Gasteiger partial charge < -0.3 is 9.47 Å². The highest BCUT2D eigenvalue weighted by Gasteiger charge is 2.22. The molecule has 1 saturated heterocycles. The fraction of sp³-hybridized carbons (Fsp3) is 0.250. The minimum Gasteiger partial charge on any atom is -0.489 e. The summed E-state index contributed by atoms with van der Waals surface area (Å²) in [4.78, 5) is 0. The predicted octanol–water partition coefficient (Wildman–Crippen LogP) is 3.21. The van der Waals surface area contributed by atoms with Gasteiger partial charge in [0.25, 0.3) is 0 Å². The Labute approximate surface area is 107 Å². The van der Waals surface area contributed by atoms with Crippen LogP contribution in [0, 0.1) is 0 Å². The zero-order chi connectivity index (χ0) is 12.2. The Morgan fingerprint density at radius 3 is 2.33 bits per heavy atom. The first kappa shape index (κ1) is 11.3. The Morgan fingerprint density at radius 2 is 1.67 bits per heavy atom. The van der Waals surface area contributed by atoms with Crippen LogP contribution in [0.3, 0.4) is 0 Å². The van der Waals surface area contributed by atoms with E-state index in [2.05, 4.69) is 24.3 Å². The van der Waals surface area contributed by atoms with Gasteiger partial charge in [-0.15, -0.1) is 0 Å². The molecule has 0 aromatic heterocycles. The van der Waals surface area contributed by atoms with Crippen LogP contribution in [-0.2, 0) is 17.8 Å². The molecule has 0 spiro atoms. The summed E-state index contributed by atoms with van der Waals surface area (Å²) in [7, 11) is 0. The van der Waals surface area contributed by atoms with E-state index < -0.39 is 0 Å². The summed E-state index contributed by atoms with van der Waals surface area (Å²) < 4.78 is 11.0. The molecule has 0 N–H and O–H groups in total. The zero-order valence-corrected chi connectivity index (χ0v) is 10.2. The summed E-state index contributed by atoms with van der Waals surface area (Å²) in [6.07, 6.45) is 1.46. The van der Waals surface area contributed by atoms with E-state index in [9.17, 15) is 0 Å². The van der Waals surface area contributed by atoms with Crippen LogP contribution in [0.1, 0.15) is 11.1 Å². The smallest absolute Gasteiger partial charge is 0.119 e. The molecule has 0 amide bonds. The lowest BCUT2D eigenvalue weighted by Crippen LogP contribution is -1.96. The SMILES string of the molecule is c1ccc(COc2ccc(CC3CO3)cc2)cc1. The monoisotopic (exact) mass is 240 g/mol. The molecule has 0 radical (unpaired) electrons. The van der Waals surface area contributed by atoms with E-state index in [1.165, 1.54) is 11.1 Å². The fourth-order valence-corrected chi connectivity index (χ4v) is 1.91. The molecule has 2 heteroatoms. The maximum atomic E-state index is 5.74. The van der Waals surface area contributed by atoms with E-state index in [1.54, 1.807) is 0 Å². The lowest BCUT2D eigenvalue weighted by molar-refractivity contribution is 0.306. The molecule has 3 rings (SSSR count). The number of hydrogen-bond donors (Lipinski definition) is 0. The second-order valence-corrected chi connectivity index (χ2v) is 4.58. The molecule has 0 saturated carbocycles. The highest BCUT2D eigenvalue weighted by Crippen LogP contribution is 2.19. The van der Waals surface area contributed by atoms with E-state index in [-0.39, 0.29) is 0 Å². The molecule has 18 heavy (non-hydrogen) atoms. The average molecular weight is 240 g/mol. The number of epoxide rings is 1. The first-order valence-corrected chi connectivity index (χ1v) is 6.27. The van der Waals surface area contributed by atoms with Gasteiger partial charge in [-0.25, -0.2) is 0 Å². The maximum Gasteiger partial charge on any atom is 0.119 e. The first-order valence-electron chi connectivity index (χ1n) is 6.27. The van der Waals surface area contributed by atoms with E-state index in [0.29, 0.717) is 12.7 Å². The Balaban J connectivity index is 1.56. The Morgan fingerprint density at radius 1 is 0.944 bits per heavy atom. The molecular formula is C16H16O2. The van der Waals surface area contributed by atoms with Crippen molar-refractivity contribution in [3.05, 3.63) is 65.7 Å². The molecule has 1 aliphatic rings. The van der Waals surface area contributed by atoms with Crippen molar-refractivity contribution >= 4 is 0 Å². The first-order chi connectivity index (χ1) is 8.90. The molecule has 2 nitrogen and oxygen atoms in total. The number of rotatable bonds is 5. The van der Waals surface area contributed by atoms with Crippen molar-refractivity contribution in [2.75, 3.05) is 6.61 Å². The molecule has 2 aromatic rings. The molecule has 0 bridgehead atoms. The molecule has 0 aliphatic carbocycles. The fourth-order valence-electron chi connectivity index (χ4n) is 1.91. The van der Waals surface area contributed by atoms with Gasteiger partial charge >= 0.3 is 0 Å². The van der Waals surface area contributed by atoms with Crippen molar-refractivity contribution in [3.63, 3.8) is 0 Å². The molecule has 1 atom stereocenters. The van der Waals surface area contributed by atoms with Crippen LogP contribution >= 0.6 is 0 Å². The summed E-state index contributed by atoms with van der Waals surface area (Å²) in [5, 5.41) is 0. The Hall–Kier alpha value is -1.80. The normalized spacial score (nSPS) is 17.4. The molecule has 1 unspecified atom stereocenters. The van der Waals surface area contributed by atoms with Crippen LogP contribution in [0.25, 0.3) is 0 Å². The van der Waals surface area contributed by atoms with Gasteiger partial charge in [0.1, 0.15) is 12.4 Å². The van der Waals surface area contributed by atoms with Crippen LogP contribution in [0.4, 0.5) is 0 Å². The molecular weight excluding hydrogens is 224 g/mol. The quantitative estimate of drug-likeness (QED) is 0.748. The van der Waals surface area contributed by atoms with Gasteiger partial charge in [-0.1, -0.05) is 42.5 Å². The van der Waals surface area contributed by atoms with Gasteiger partial charge in [-0.3, -0.25) is 0 Å². The molecule has 1 aliphatic heterocycles. The van der Waals surface area contributed by atoms with Crippen molar-refractivity contribution in [1.29, 1.82) is 0 Å². The second kappa shape index (κ2) is 5.23. The van der Waals surface area contributed by atoms with Gasteiger partial charge in [-0.2, -0.15) is 0 Å². The van der Waals surface area contributed by atoms with E-state index in [0.717, 1.165) is 18.8 Å². The van der Waals surface area contributed by atoms with Crippen LogP contribution in [0.2, 0.25) is 0 Å². The highest BCUT2D eigenvalue weighted by molar-refractivity contribution is 5.28. The van der Waals surface area contributed by atoms with E-state index in [1.807, 2.05) is 30.3 Å². The molecule has 1 heterocycles. The average Bonchev–Trinajstić information content (AvgIpc) is 3.23. The van der Waals surface area contributed by atoms with Crippen LogP contribution in [0.15, 0.2) is 54.6 Å². The van der Waals surface area contributed by atoms with Crippen molar-refractivity contribution in [2.45, 2.75) is 19.1 Å². The van der Waals surface area contributed by atoms with Crippen LogP contribution in [-0.4, -0.2) is 12.7 Å². The summed E-state index contributed by atoms with van der Waals surface area (Å²) in [6, 6.07) is 18.5. The number of hydrogen-bond acceptors (Lipinski definition) is 2. The van der Waals surface area contributed by atoms with Crippen LogP contribution in [0.5, 0.6) is 5.75 Å². The largest absolute Gasteiger partial charge is 0.489 e. The lowest BCUT2D eigenvalue weighted by Gasteiger charge is -2.07. The van der Waals surface area contributed by atoms with Crippen molar-refractivity contribution in [3.8, 4) is 5.75 Å². The predicted molar refractivity (Wildman–Crippen MR) is 70.7 cm³/mol. The van der Waals surface area contributed by atoms with Crippen LogP contribution < -0.4 is 4.74 Å². The summed E-state index contributed by atoms with van der Waals surface area (Å²) in [5.41, 5.74) is 2.50. The second-order valence-electron chi connectivity index (χ2n) is 4.58. The highest BCUT2D eigenvalue weighted by atomic mass is 16.6. The third-order valence-corrected chi connectivity index (χ3v) is 3.04. The third kappa shape index (κ3) is 3.11. The third-order valence-electron chi connectivity index (χ3n) is 3.04. The summed E-state index contributed by atoms with van der Waals surface area (Å²) in [6.45, 7) is 1.53. The number of benzene rings is 2. The molecule has 2 aromatic carbocycles. The summed E-state index contributed by atoms with van der Waals surface area (Å²) in [5.74, 6) is 0.916. The lowest BCUT2D eigenvalue weighted by atomic mass is 10.1. The Kier molecular flexibility index (Phi) is 3.29. The zero-order valence-electron chi connectivity index (χ0n) is 10.2. The van der Waals surface area contributed by atoms with Gasteiger partial charge in [0.05, 0.1) is 12.7 Å². The summed E-state index contributed by atoms with van der Waals surface area (Å²) >= 11 is 0. The minimum absolute atomic E-state index is 0.445. The topological polar surface area (TPSA) is 21.8 Å². The minimum atomic E-state index is 0.445. The van der Waals surface area contributed by atoms with Crippen molar-refractivity contribution in [1.82, 2.24) is 0 Å². The van der Waals surface area contributed by atoms with Crippen molar-refractivity contribution in [2.24, 2.45) is 0 Å². The standard InChI is InChI=1S/C16H16O2/c1-2-4-14(5-3-1)11-17-15-8-6-13(7-9-15)10-16-12-18-16/h1-9,16H,10-12H2. The van der Waals surface area contributed by atoms with Gasteiger partial charge in [0.2, 0.25) is 0 Å². The maximum absolute atomic E-state index is 5.74. The Bertz CT molecular complexity index is 486. The molecule has 1 fully saturated rings. The number of ether oxygens (including phenoxy) is 2. The van der Waals surface area contributed by atoms with Gasteiger partial charge in [-0.05, 0) is 23.3 Å². The van der Waals surface area contributed by atoms with E-state index in [4.69, 9.17) is 9.47 Å². The van der Waals surface area contributed by atoms with Crippen molar-refractivity contribution < 1.29 is 9.47 Å². The van der Waals surface area contributed by atoms with Gasteiger partial charge in [0, 0.05) is 6.42 Å².